The summed E-state index contributed by atoms with van der Waals surface area (Å²) in [4.78, 5) is 14.1. The number of ether oxygens (including phenoxy) is 1. The number of nitrogens with zero attached hydrogens (tertiary/aromatic N) is 3. The highest BCUT2D eigenvalue weighted by Gasteiger charge is 2.29. The van der Waals surface area contributed by atoms with Crippen LogP contribution in [-0.2, 0) is 6.42 Å². The highest BCUT2D eigenvalue weighted by Crippen LogP contribution is 2.36. The van der Waals surface area contributed by atoms with E-state index < -0.39 is 11.9 Å². The van der Waals surface area contributed by atoms with Gasteiger partial charge in [0, 0.05) is 43.9 Å². The first kappa shape index (κ1) is 15.4. The molecule has 122 valence electrons. The van der Waals surface area contributed by atoms with Gasteiger partial charge in [-0.1, -0.05) is 0 Å². The third-order valence-corrected chi connectivity index (χ3v) is 4.23. The van der Waals surface area contributed by atoms with Crippen molar-refractivity contribution in [1.29, 1.82) is 5.26 Å². The molecule has 0 saturated carbocycles. The summed E-state index contributed by atoms with van der Waals surface area (Å²) in [6.45, 7) is 1.73. The van der Waals surface area contributed by atoms with Crippen LogP contribution in [0.25, 0.3) is 0 Å². The van der Waals surface area contributed by atoms with Crippen LogP contribution in [0.4, 0.5) is 14.9 Å². The van der Waals surface area contributed by atoms with Gasteiger partial charge in [-0.3, -0.25) is 0 Å². The zero-order valence-electron chi connectivity index (χ0n) is 12.5. The monoisotopic (exact) mass is 320 g/mol. The predicted molar refractivity (Wildman–Crippen MR) is 80.1 cm³/mol. The number of anilines is 1. The van der Waals surface area contributed by atoms with Gasteiger partial charge in [-0.25, -0.2) is 9.18 Å². The Morgan fingerprint density at radius 3 is 2.74 bits per heavy atom. The van der Waals surface area contributed by atoms with Gasteiger partial charge in [-0.2, -0.15) is 5.26 Å². The minimum atomic E-state index is -0.973. The molecule has 3 N–H and O–H groups in total. The average molecular weight is 320 g/mol. The minimum absolute atomic E-state index is 0.0368. The van der Waals surface area contributed by atoms with Crippen LogP contribution < -0.4 is 15.4 Å². The van der Waals surface area contributed by atoms with Gasteiger partial charge in [-0.05, 0) is 6.42 Å². The van der Waals surface area contributed by atoms with E-state index in [1.54, 1.807) is 6.07 Å². The van der Waals surface area contributed by atoms with Crippen molar-refractivity contribution in [3.05, 3.63) is 23.0 Å². The third-order valence-electron chi connectivity index (χ3n) is 4.23. The Morgan fingerprint density at radius 2 is 2.13 bits per heavy atom. The molecule has 1 amide bonds. The van der Waals surface area contributed by atoms with Crippen LogP contribution in [0.3, 0.4) is 0 Å². The van der Waals surface area contributed by atoms with Crippen LogP contribution in [0.2, 0.25) is 0 Å². The number of benzene rings is 1. The number of halogens is 1. The zero-order valence-corrected chi connectivity index (χ0v) is 12.5. The highest BCUT2D eigenvalue weighted by molar-refractivity contribution is 5.68. The lowest BCUT2D eigenvalue weighted by molar-refractivity contribution is 0.142. The van der Waals surface area contributed by atoms with Crippen molar-refractivity contribution < 1.29 is 19.0 Å². The molecule has 1 atom stereocenters. The third kappa shape index (κ3) is 2.75. The summed E-state index contributed by atoms with van der Waals surface area (Å²) < 4.78 is 20.2. The van der Waals surface area contributed by atoms with E-state index in [0.29, 0.717) is 56.2 Å². The maximum absolute atomic E-state index is 14.7. The molecule has 0 bridgehead atoms. The van der Waals surface area contributed by atoms with Crippen molar-refractivity contribution in [1.82, 2.24) is 4.90 Å². The number of hydrogen-bond acceptors (Lipinski definition) is 5. The topological polar surface area (TPSA) is 103 Å². The van der Waals surface area contributed by atoms with E-state index in [9.17, 15) is 14.4 Å². The fraction of sp³-hybridized carbons (Fsp3) is 0.467. The maximum atomic E-state index is 14.7. The molecule has 23 heavy (non-hydrogen) atoms. The van der Waals surface area contributed by atoms with Gasteiger partial charge >= 0.3 is 6.09 Å². The van der Waals surface area contributed by atoms with Crippen LogP contribution in [-0.4, -0.2) is 54.9 Å². The van der Waals surface area contributed by atoms with Crippen molar-refractivity contribution >= 4 is 11.8 Å². The smallest absolute Gasteiger partial charge is 0.407 e. The molecule has 1 fully saturated rings. The van der Waals surface area contributed by atoms with Gasteiger partial charge < -0.3 is 25.4 Å². The molecule has 0 unspecified atom stereocenters. The van der Waals surface area contributed by atoms with Crippen molar-refractivity contribution in [2.75, 3.05) is 37.7 Å². The van der Waals surface area contributed by atoms with Gasteiger partial charge in [0.2, 0.25) is 0 Å². The first-order valence-electron chi connectivity index (χ1n) is 7.38. The second kappa shape index (κ2) is 5.93. The van der Waals surface area contributed by atoms with Gasteiger partial charge in [0.05, 0.1) is 5.69 Å². The van der Waals surface area contributed by atoms with Crippen molar-refractivity contribution in [2.45, 2.75) is 12.5 Å². The van der Waals surface area contributed by atoms with E-state index in [1.807, 2.05) is 11.0 Å². The van der Waals surface area contributed by atoms with Gasteiger partial charge in [0.25, 0.3) is 0 Å². The molecular weight excluding hydrogens is 303 g/mol. The molecule has 1 aromatic rings. The Kier molecular flexibility index (Phi) is 3.96. The van der Waals surface area contributed by atoms with E-state index in [4.69, 9.17) is 15.6 Å². The number of fused-ring (bicyclic) bond motifs is 1. The standard InChI is InChI=1S/C15H17FN4O3/c16-14-10-5-9(18)8-23-13(10)6-12(11(14)7-17)19-1-3-20(4-2-19)15(21)22/h6,9H,1-5,8,18H2,(H,21,22)/t9-/m1/s1. The van der Waals surface area contributed by atoms with Crippen molar-refractivity contribution in [2.24, 2.45) is 5.73 Å². The Bertz CT molecular complexity index is 680. The summed E-state index contributed by atoms with van der Waals surface area (Å²) in [6, 6.07) is 3.30. The lowest BCUT2D eigenvalue weighted by Gasteiger charge is -2.36. The van der Waals surface area contributed by atoms with Crippen LogP contribution in [0.1, 0.15) is 11.1 Å². The second-order valence-electron chi connectivity index (χ2n) is 5.71. The number of rotatable bonds is 1. The first-order chi connectivity index (χ1) is 11.0. The fourth-order valence-electron chi connectivity index (χ4n) is 2.99. The number of amides is 1. The Morgan fingerprint density at radius 1 is 1.43 bits per heavy atom. The first-order valence-corrected chi connectivity index (χ1v) is 7.38. The van der Waals surface area contributed by atoms with Crippen LogP contribution >= 0.6 is 0 Å². The Balaban J connectivity index is 1.93. The minimum Gasteiger partial charge on any atom is -0.491 e. The second-order valence-corrected chi connectivity index (χ2v) is 5.71. The SMILES string of the molecule is N#Cc1c(N2CCN(C(=O)O)CC2)cc2c(c1F)C[C@@H](N)CO2. The molecule has 0 radical (unpaired) electrons. The molecule has 0 aliphatic carbocycles. The molecule has 8 heteroatoms. The van der Waals surface area contributed by atoms with E-state index in [-0.39, 0.29) is 11.6 Å². The number of carboxylic acid groups (broad SMARTS) is 1. The molecule has 1 saturated heterocycles. The van der Waals surface area contributed by atoms with Crippen molar-refractivity contribution in [3.8, 4) is 11.8 Å². The largest absolute Gasteiger partial charge is 0.491 e. The van der Waals surface area contributed by atoms with E-state index in [2.05, 4.69) is 0 Å². The summed E-state index contributed by atoms with van der Waals surface area (Å²) in [6.07, 6.45) is -0.637. The molecule has 2 aliphatic heterocycles. The molecule has 7 nitrogen and oxygen atoms in total. The molecule has 0 spiro atoms. The van der Waals surface area contributed by atoms with E-state index in [0.717, 1.165) is 0 Å². The number of piperazine rings is 1. The highest BCUT2D eigenvalue weighted by atomic mass is 19.1. The molecule has 0 aromatic heterocycles. The summed E-state index contributed by atoms with van der Waals surface area (Å²) in [5.74, 6) is -0.172. The van der Waals surface area contributed by atoms with E-state index in [1.165, 1.54) is 4.90 Å². The average Bonchev–Trinajstić information content (AvgIpc) is 2.55. The molecule has 2 heterocycles. The summed E-state index contributed by atoms with van der Waals surface area (Å²) >= 11 is 0. The zero-order chi connectivity index (χ0) is 16.6. The van der Waals surface area contributed by atoms with Crippen molar-refractivity contribution in [3.63, 3.8) is 0 Å². The van der Waals surface area contributed by atoms with E-state index >= 15 is 0 Å². The summed E-state index contributed by atoms with van der Waals surface area (Å²) in [5.41, 5.74) is 6.54. The number of carbonyl (C=O) groups is 1. The molecule has 3 rings (SSSR count). The number of hydrogen-bond donors (Lipinski definition) is 2. The lowest BCUT2D eigenvalue weighted by Crippen LogP contribution is -2.48. The lowest BCUT2D eigenvalue weighted by atomic mass is 9.98. The maximum Gasteiger partial charge on any atom is 0.407 e. The van der Waals surface area contributed by atoms with Crippen LogP contribution in [0, 0.1) is 17.1 Å². The van der Waals surface area contributed by atoms with Gasteiger partial charge in [0.15, 0.2) is 0 Å². The number of nitrogens with two attached hydrogens (primary N) is 1. The fourth-order valence-corrected chi connectivity index (χ4v) is 2.99. The normalized spacial score (nSPS) is 20.5. The molecule has 1 aromatic carbocycles. The summed E-state index contributed by atoms with van der Waals surface area (Å²) in [5, 5.41) is 18.3. The van der Waals surface area contributed by atoms with Crippen LogP contribution in [0.15, 0.2) is 6.07 Å². The Hall–Kier alpha value is -2.53. The molecule has 2 aliphatic rings. The van der Waals surface area contributed by atoms with Gasteiger partial charge in [-0.15, -0.1) is 0 Å². The summed E-state index contributed by atoms with van der Waals surface area (Å²) in [7, 11) is 0. The van der Waals surface area contributed by atoms with Gasteiger partial charge in [0.1, 0.15) is 29.8 Å². The molecular formula is C15H17FN4O3. The van der Waals surface area contributed by atoms with Crippen LogP contribution in [0.5, 0.6) is 5.75 Å². The quantitative estimate of drug-likeness (QED) is 0.792. The Labute approximate surface area is 132 Å². The predicted octanol–water partition coefficient (Wildman–Crippen LogP) is 0.760. The number of nitriles is 1.